The van der Waals surface area contributed by atoms with Crippen LogP contribution in [0.5, 0.6) is 0 Å². The van der Waals surface area contributed by atoms with Crippen molar-refractivity contribution in [1.29, 1.82) is 0 Å². The van der Waals surface area contributed by atoms with Crippen LogP contribution in [0, 0.1) is 0 Å². The Kier molecular flexibility index (Phi) is 9.55. The van der Waals surface area contributed by atoms with E-state index in [0.717, 1.165) is 30.0 Å². The van der Waals surface area contributed by atoms with Gasteiger partial charge in [0.2, 0.25) is 10.0 Å². The van der Waals surface area contributed by atoms with E-state index in [2.05, 4.69) is 14.9 Å². The molecule has 4 heterocycles. The molecular weight excluding hydrogens is 706 g/mol. The van der Waals surface area contributed by atoms with E-state index in [1.54, 1.807) is 43.5 Å². The van der Waals surface area contributed by atoms with Crippen molar-refractivity contribution in [1.82, 2.24) is 18.8 Å². The van der Waals surface area contributed by atoms with E-state index in [-0.39, 0.29) is 25.0 Å². The number of anilines is 1. The van der Waals surface area contributed by atoms with Gasteiger partial charge in [0, 0.05) is 62.3 Å². The maximum Gasteiger partial charge on any atom is 0.410 e. The van der Waals surface area contributed by atoms with E-state index in [1.807, 2.05) is 57.2 Å². The second-order valence-electron chi connectivity index (χ2n) is 14.8. The van der Waals surface area contributed by atoms with E-state index in [0.29, 0.717) is 53.3 Å². The summed E-state index contributed by atoms with van der Waals surface area (Å²) in [6.45, 7) is 9.58. The Morgan fingerprint density at radius 1 is 1.06 bits per heavy atom. The molecule has 14 heteroatoms. The van der Waals surface area contributed by atoms with Gasteiger partial charge in [0.1, 0.15) is 33.6 Å². The number of amides is 1. The second kappa shape index (κ2) is 13.7. The lowest BCUT2D eigenvalue weighted by molar-refractivity contribution is -0.171. The predicted octanol–water partition coefficient (Wildman–Crippen LogP) is 7.49. The van der Waals surface area contributed by atoms with Gasteiger partial charge in [0.05, 0.1) is 10.6 Å². The number of thiazole rings is 1. The first-order chi connectivity index (χ1) is 24.7. The molecule has 0 bridgehead atoms. The summed E-state index contributed by atoms with van der Waals surface area (Å²) in [7, 11) is -2.68. The van der Waals surface area contributed by atoms with Gasteiger partial charge in [-0.3, -0.25) is 0 Å². The number of halogens is 1. The minimum Gasteiger partial charge on any atom is -0.444 e. The molecule has 1 amide bonds. The van der Waals surface area contributed by atoms with Crippen molar-refractivity contribution in [2.24, 2.45) is 0 Å². The third-order valence-electron chi connectivity index (χ3n) is 9.99. The minimum atomic E-state index is -4.26. The smallest absolute Gasteiger partial charge is 0.410 e. The lowest BCUT2D eigenvalue weighted by Gasteiger charge is -2.39. The molecule has 4 aromatic rings. The maximum absolute atomic E-state index is 16.1. The van der Waals surface area contributed by atoms with Crippen LogP contribution in [-0.4, -0.2) is 83.8 Å². The molecule has 1 aliphatic heterocycles. The first-order valence-electron chi connectivity index (χ1n) is 17.5. The molecule has 3 aliphatic rings. The molecule has 7 rings (SSSR count). The summed E-state index contributed by atoms with van der Waals surface area (Å²) in [5.41, 5.74) is 1.59. The molecule has 11 nitrogen and oxygen atoms in total. The normalized spacial score (nSPS) is 20.7. The van der Waals surface area contributed by atoms with E-state index in [9.17, 15) is 13.2 Å². The molecule has 52 heavy (non-hydrogen) atoms. The fourth-order valence-corrected chi connectivity index (χ4v) is 9.80. The average Bonchev–Trinajstić information content (AvgIpc) is 3.74. The Morgan fingerprint density at radius 3 is 2.42 bits per heavy atom. The summed E-state index contributed by atoms with van der Waals surface area (Å²) < 4.78 is 61.9. The monoisotopic (exact) mass is 749 g/mol. The topological polar surface area (TPSA) is 116 Å². The number of piperazine rings is 1. The number of hydrogen-bond acceptors (Lipinski definition) is 10. The molecule has 276 valence electrons. The summed E-state index contributed by atoms with van der Waals surface area (Å²) in [6.07, 6.45) is 8.44. The van der Waals surface area contributed by atoms with Crippen molar-refractivity contribution in [3.8, 4) is 11.3 Å². The number of ether oxygens (including phenoxy) is 3. The zero-order chi connectivity index (χ0) is 36.9. The van der Waals surface area contributed by atoms with Gasteiger partial charge in [0.25, 0.3) is 0 Å². The molecule has 2 aliphatic carbocycles. The van der Waals surface area contributed by atoms with Crippen LogP contribution in [0.25, 0.3) is 27.9 Å². The van der Waals surface area contributed by atoms with Gasteiger partial charge in [-0.15, -0.1) is 11.3 Å². The van der Waals surface area contributed by atoms with E-state index < -0.39 is 31.8 Å². The summed E-state index contributed by atoms with van der Waals surface area (Å²) in [4.78, 5) is 26.1. The number of nitrogens with zero attached hydrogens (tertiary/aromatic N) is 5. The summed E-state index contributed by atoms with van der Waals surface area (Å²) in [5.74, 6) is -0.616. The summed E-state index contributed by atoms with van der Waals surface area (Å²) in [6, 6.07) is 13.1. The van der Waals surface area contributed by atoms with Crippen LogP contribution in [0.3, 0.4) is 0 Å². The number of benzene rings is 1. The van der Waals surface area contributed by atoms with Crippen LogP contribution in [0.1, 0.15) is 63.3 Å². The number of methoxy groups -OCH3 is 1. The van der Waals surface area contributed by atoms with E-state index >= 15 is 4.39 Å². The Balaban J connectivity index is 1.14. The van der Waals surface area contributed by atoms with Crippen molar-refractivity contribution in [2.45, 2.75) is 69.3 Å². The summed E-state index contributed by atoms with van der Waals surface area (Å²) >= 11 is 1.37. The number of fused-ring (bicyclic) bond motifs is 1. The third kappa shape index (κ3) is 6.65. The minimum absolute atomic E-state index is 0.0524. The summed E-state index contributed by atoms with van der Waals surface area (Å²) in [5, 5.41) is 1.42. The fraction of sp³-hybridized carbons (Fsp3) is 0.447. The van der Waals surface area contributed by atoms with Gasteiger partial charge < -0.3 is 24.0 Å². The van der Waals surface area contributed by atoms with Gasteiger partial charge in [-0.2, -0.15) is 0 Å². The molecule has 0 N–H and O–H groups in total. The highest BCUT2D eigenvalue weighted by atomic mass is 32.2. The number of rotatable bonds is 9. The molecular formula is C38H44FN5O6S2. The number of hydrogen-bond donors (Lipinski definition) is 0. The zero-order valence-electron chi connectivity index (χ0n) is 30.1. The van der Waals surface area contributed by atoms with E-state index in [1.165, 1.54) is 21.4 Å². The fourth-order valence-electron chi connectivity index (χ4n) is 6.88. The number of allylic oxidation sites excluding steroid dienone is 3. The Morgan fingerprint density at radius 2 is 1.79 bits per heavy atom. The lowest BCUT2D eigenvalue weighted by Crippen LogP contribution is -2.50. The SMILES string of the molecule is COCOC1(c2ncc(C3=CCC(C)(S(=O)(=O)n4c(-c5ccc(N6CCN(C(=O)OC(C)(C)C)CC6)cc5)cc5cccnc54)C=C3F)s2)CCC1. The van der Waals surface area contributed by atoms with Crippen LogP contribution < -0.4 is 4.90 Å². The van der Waals surface area contributed by atoms with E-state index in [4.69, 9.17) is 14.2 Å². The number of carbonyl (C=O) groups is 1. The highest BCUT2D eigenvalue weighted by molar-refractivity contribution is 7.91. The molecule has 1 unspecified atom stereocenters. The molecule has 1 aromatic carbocycles. The number of pyridine rings is 1. The van der Waals surface area contributed by atoms with Crippen LogP contribution in [0.4, 0.5) is 14.9 Å². The van der Waals surface area contributed by atoms with Crippen LogP contribution in [-0.2, 0) is 29.8 Å². The number of aromatic nitrogens is 3. The van der Waals surface area contributed by atoms with Crippen molar-refractivity contribution in [3.05, 3.63) is 82.7 Å². The van der Waals surface area contributed by atoms with Gasteiger partial charge >= 0.3 is 6.09 Å². The number of carbonyl (C=O) groups excluding carboxylic acids is 1. The second-order valence-corrected chi connectivity index (χ2v) is 18.1. The maximum atomic E-state index is 16.1. The highest BCUT2D eigenvalue weighted by Crippen LogP contribution is 2.48. The molecule has 3 aromatic heterocycles. The van der Waals surface area contributed by atoms with Gasteiger partial charge in [-0.1, -0.05) is 18.2 Å². The van der Waals surface area contributed by atoms with Crippen molar-refractivity contribution in [2.75, 3.05) is 45.0 Å². The first kappa shape index (κ1) is 36.3. The van der Waals surface area contributed by atoms with Gasteiger partial charge in [-0.25, -0.2) is 31.5 Å². The Labute approximate surface area is 307 Å². The zero-order valence-corrected chi connectivity index (χ0v) is 31.7. The van der Waals surface area contributed by atoms with Gasteiger partial charge in [0.15, 0.2) is 5.65 Å². The van der Waals surface area contributed by atoms with Crippen LogP contribution in [0.15, 0.2) is 72.8 Å². The van der Waals surface area contributed by atoms with Crippen LogP contribution in [0.2, 0.25) is 0 Å². The molecule has 1 atom stereocenters. The molecule has 1 saturated carbocycles. The largest absolute Gasteiger partial charge is 0.444 e. The molecule has 1 saturated heterocycles. The predicted molar refractivity (Wildman–Crippen MR) is 200 cm³/mol. The molecule has 0 spiro atoms. The Bertz CT molecular complexity index is 2140. The van der Waals surface area contributed by atoms with Gasteiger partial charge in [-0.05, 0) is 95.3 Å². The van der Waals surface area contributed by atoms with Crippen molar-refractivity contribution >= 4 is 49.7 Å². The molecule has 2 fully saturated rings. The Hall–Kier alpha value is -4.11. The highest BCUT2D eigenvalue weighted by Gasteiger charge is 2.45. The van der Waals surface area contributed by atoms with Crippen LogP contribution >= 0.6 is 11.3 Å². The van der Waals surface area contributed by atoms with Crippen molar-refractivity contribution < 1.29 is 31.8 Å². The first-order valence-corrected chi connectivity index (χ1v) is 19.7. The third-order valence-corrected chi connectivity index (χ3v) is 13.5. The lowest BCUT2D eigenvalue weighted by atomic mass is 9.80. The van der Waals surface area contributed by atoms with Crippen molar-refractivity contribution in [3.63, 3.8) is 0 Å². The standard InChI is InChI=1S/C38H44FN5O6S2/c1-36(2,3)50-35(45)43-20-18-42(19-21-43)28-11-9-26(10-12-28)31-22-27-8-6-17-40-33(27)44(31)52(46,47)37(4)16-13-29(30(39)23-37)32-24-41-34(51-32)38(14-7-15-38)49-25-48-5/h6,8-13,17,22-24H,7,14-16,18-21,25H2,1-5H3. The molecule has 0 radical (unpaired) electrons. The average molecular weight is 750 g/mol. The quantitative estimate of drug-likeness (QED) is 0.161.